The maximum Gasteiger partial charge on any atom is 1.00 e. The minimum Gasteiger partial charge on any atom is -0.870 e. The molecule has 9 aromatic carbocycles. The van der Waals surface area contributed by atoms with Gasteiger partial charge in [-0.15, -0.1) is 12.4 Å². The molecule has 12 rings (SSSR count). The van der Waals surface area contributed by atoms with Crippen molar-refractivity contribution >= 4 is 98.4 Å². The number of halogens is 8. The van der Waals surface area contributed by atoms with Gasteiger partial charge in [0.25, 0.3) is 0 Å². The first-order valence-electron chi connectivity index (χ1n) is 34.7. The number of ether oxygens (including phenoxy) is 5. The van der Waals surface area contributed by atoms with E-state index in [0.29, 0.717) is 120 Å². The number of aliphatic hydroxyl groups is 3. The predicted octanol–water partition coefficient (Wildman–Crippen LogP) is 10.2. The van der Waals surface area contributed by atoms with Crippen LogP contribution in [-0.4, -0.2) is 94.0 Å². The smallest absolute Gasteiger partial charge is 0.870 e. The first kappa shape index (κ1) is 92.2. The zero-order valence-electron chi connectivity index (χ0n) is 61.6. The first-order chi connectivity index (χ1) is 53.0. The molecular weight excluding hydrogens is 1610 g/mol. The van der Waals surface area contributed by atoms with Crippen LogP contribution in [0.25, 0.3) is 55.2 Å². The van der Waals surface area contributed by atoms with Gasteiger partial charge in [-0.2, -0.15) is 0 Å². The summed E-state index contributed by atoms with van der Waals surface area (Å²) >= 11 is 2.18. The van der Waals surface area contributed by atoms with Crippen molar-refractivity contribution in [3.63, 3.8) is 0 Å². The molecule has 21 nitrogen and oxygen atoms in total. The van der Waals surface area contributed by atoms with Crippen LogP contribution >= 0.6 is 35.0 Å². The van der Waals surface area contributed by atoms with E-state index in [1.807, 2.05) is 24.3 Å². The van der Waals surface area contributed by atoms with Gasteiger partial charge in [-0.3, -0.25) is 14.4 Å². The van der Waals surface area contributed by atoms with Crippen LogP contribution in [0.4, 0.5) is 26.3 Å². The number of fused-ring (bicyclic) bond motifs is 3. The summed E-state index contributed by atoms with van der Waals surface area (Å²) in [4.78, 5) is 34.9. The van der Waals surface area contributed by atoms with Crippen LogP contribution in [0.5, 0.6) is 17.2 Å². The SMILES string of the molecule is CCOC(=O)Cc1ccc(F)cc1OCc1cc(-c2cccc(CN)c2F)c2oc(CCO)cc2c1.CCOC(=O)Cc1ccc(F)cc1OCc1cc(I)c2oc(CCO)cc2c1.Cl.NCc1cccc(-c2cc(COc3cc(F)ccc3CC(=O)O)cc3cc(CCO)oc23)c1F.NCc1cccc(B(O)O)c1F.[Li+].[OH-]. The predicted molar refractivity (Wildman–Crippen MR) is 418 cm³/mol. The summed E-state index contributed by atoms with van der Waals surface area (Å²) in [7, 11) is -1.78. The summed E-state index contributed by atoms with van der Waals surface area (Å²) in [5.41, 5.74) is 24.4. The Balaban J connectivity index is 0.000000244. The number of carbonyl (C=O) groups is 3. The zero-order chi connectivity index (χ0) is 79.1. The number of esters is 2. The number of carboxylic acid groups (broad SMARTS) is 1. The Morgan fingerprint density at radius 2 is 0.788 bits per heavy atom. The van der Waals surface area contributed by atoms with Gasteiger partial charge in [-0.1, -0.05) is 72.8 Å². The van der Waals surface area contributed by atoms with Gasteiger partial charge in [0.15, 0.2) is 0 Å². The van der Waals surface area contributed by atoms with Crippen molar-refractivity contribution in [2.75, 3.05) is 33.0 Å². The first-order valence-corrected chi connectivity index (χ1v) is 35.8. The zero-order valence-corrected chi connectivity index (χ0v) is 64.6. The molecule has 0 atom stereocenters. The van der Waals surface area contributed by atoms with Gasteiger partial charge >= 0.3 is 43.9 Å². The summed E-state index contributed by atoms with van der Waals surface area (Å²) in [5.74, 6) is -2.45. The summed E-state index contributed by atoms with van der Waals surface area (Å²) in [6.07, 6.45) is 0.711. The molecule has 0 bridgehead atoms. The number of nitrogens with two attached hydrogens (primary N) is 3. The van der Waals surface area contributed by atoms with E-state index >= 15 is 8.78 Å². The number of furan rings is 3. The second-order valence-corrected chi connectivity index (χ2v) is 25.9. The maximum atomic E-state index is 15.2. The van der Waals surface area contributed by atoms with E-state index in [9.17, 15) is 42.2 Å². The molecule has 0 aliphatic rings. The van der Waals surface area contributed by atoms with Gasteiger partial charge in [0.2, 0.25) is 0 Å². The molecule has 0 saturated heterocycles. The second kappa shape index (κ2) is 44.7. The molecule has 3 heterocycles. The van der Waals surface area contributed by atoms with Gasteiger partial charge < -0.3 is 90.1 Å². The fourth-order valence-electron chi connectivity index (χ4n) is 11.8. The van der Waals surface area contributed by atoms with Crippen LogP contribution in [0.1, 0.15) is 81.2 Å². The number of aliphatic hydroxyl groups excluding tert-OH is 3. The number of hydrogen-bond donors (Lipinski definition) is 9. The molecule has 0 unspecified atom stereocenters. The summed E-state index contributed by atoms with van der Waals surface area (Å²) < 4.78 is 131. The molecule has 31 heteroatoms. The van der Waals surface area contributed by atoms with Crippen molar-refractivity contribution in [3.05, 3.63) is 270 Å². The Kier molecular flexibility index (Phi) is 36.4. The largest absolute Gasteiger partial charge is 1.00 e. The van der Waals surface area contributed by atoms with E-state index < -0.39 is 54.0 Å². The van der Waals surface area contributed by atoms with Gasteiger partial charge in [0.1, 0.15) is 106 Å². The minimum atomic E-state index is -1.78. The molecule has 0 saturated carbocycles. The van der Waals surface area contributed by atoms with Crippen LogP contribution in [0.2, 0.25) is 0 Å². The van der Waals surface area contributed by atoms with E-state index in [4.69, 9.17) is 74.4 Å². The van der Waals surface area contributed by atoms with E-state index in [0.717, 1.165) is 31.9 Å². The third-order valence-electron chi connectivity index (χ3n) is 16.9. The number of carbonyl (C=O) groups excluding carboxylic acids is 2. The molecule has 0 aliphatic carbocycles. The van der Waals surface area contributed by atoms with Crippen LogP contribution < -0.4 is 55.7 Å². The summed E-state index contributed by atoms with van der Waals surface area (Å²) in [5, 5.41) is 56.5. The normalized spacial score (nSPS) is 10.7. The van der Waals surface area contributed by atoms with Gasteiger partial charge in [0.05, 0.1) is 55.9 Å². The van der Waals surface area contributed by atoms with Crippen LogP contribution in [0, 0.1) is 38.5 Å². The van der Waals surface area contributed by atoms with Gasteiger partial charge in [-0.25, -0.2) is 26.3 Å². The molecule has 0 fully saturated rings. The number of aliphatic carboxylic acids is 1. The summed E-state index contributed by atoms with van der Waals surface area (Å²) in [6, 6.07) is 42.4. The third kappa shape index (κ3) is 24.9. The Morgan fingerprint density at radius 3 is 1.14 bits per heavy atom. The van der Waals surface area contributed by atoms with E-state index in [1.54, 1.807) is 80.6 Å². The molecule has 0 aliphatic heterocycles. The number of carboxylic acids is 1. The monoisotopic (exact) mass is 1690 g/mol. The Bertz CT molecular complexity index is 5210. The number of hydrogen-bond acceptors (Lipinski definition) is 20. The van der Waals surface area contributed by atoms with Crippen molar-refractivity contribution in [2.45, 2.75) is 91.8 Å². The third-order valence-corrected chi connectivity index (χ3v) is 17.7. The number of rotatable bonds is 29. The standard InChI is InChI=1S/C28H27F2NO5.C26H23F2NO5.C21H20FIO5.C7H9BFNO2.ClH.Li.H2O/c1-2-34-26(33)13-18-6-7-21(29)14-25(18)35-16-17-10-20-12-22(8-9-32)36-28(20)24(11-17)23-5-3-4-19(15-31)27(23)30;27-19-5-4-16(11-24(31)32)23(12-19)33-14-15-8-18-10-20(6-7-30)34-26(18)22(9-15)21-3-1-2-17(13-29)25(21)28;1-2-26-20(25)10-14-3-4-16(22)11-19(14)27-12-13-7-15-9-17(5-6-24)28-21(15)18(23)8-13;9-7-5(4-10)2-1-3-6(7)8(11)12;;;/h3-7,10-12,14,32H,2,8-9,13,15-16,31H2,1H3;1-5,8-10,12,30H,6-7,11,13-14,29H2,(H,31,32);3-4,7-9,11,24H,2,5-6,10,12H2,1H3;1-3,11-12H,4,10H2;1H;;1H2/q;;;;;+1;/p-1. The summed E-state index contributed by atoms with van der Waals surface area (Å²) in [6.45, 7) is 4.15. The van der Waals surface area contributed by atoms with Crippen molar-refractivity contribution in [1.29, 1.82) is 0 Å². The van der Waals surface area contributed by atoms with Crippen molar-refractivity contribution in [3.8, 4) is 39.5 Å². The topological polar surface area (TPSA) is 366 Å². The van der Waals surface area contributed by atoms with Crippen molar-refractivity contribution in [2.24, 2.45) is 17.2 Å². The maximum absolute atomic E-state index is 15.2. The molecular formula is C82H81BClF6ILiN3O18. The van der Waals surface area contributed by atoms with Crippen LogP contribution in [0.3, 0.4) is 0 Å². The quantitative estimate of drug-likeness (QED) is 0.00910. The van der Waals surface area contributed by atoms with Crippen molar-refractivity contribution in [1.82, 2.24) is 0 Å². The molecule has 0 radical (unpaired) electrons. The van der Waals surface area contributed by atoms with Crippen LogP contribution in [0.15, 0.2) is 177 Å². The molecule has 3 aromatic heterocycles. The molecule has 0 amide bonds. The average molecular weight is 1690 g/mol. The van der Waals surface area contributed by atoms with Crippen molar-refractivity contribution < 1.29 is 132 Å². The van der Waals surface area contributed by atoms with Gasteiger partial charge in [0, 0.05) is 134 Å². The minimum absolute atomic E-state index is 0. The molecule has 0 spiro atoms. The number of benzene rings is 9. The molecule has 113 heavy (non-hydrogen) atoms. The Labute approximate surface area is 677 Å². The Morgan fingerprint density at radius 1 is 0.442 bits per heavy atom. The van der Waals surface area contributed by atoms with E-state index in [1.165, 1.54) is 66.7 Å². The van der Waals surface area contributed by atoms with Crippen LogP contribution in [-0.2, 0) is 102 Å². The molecule has 13 N–H and O–H groups in total. The fraction of sp³-hybridized carbons (Fsp3) is 0.232. The molecule has 12 aromatic rings. The fourth-order valence-corrected chi connectivity index (χ4v) is 12.6. The van der Waals surface area contributed by atoms with E-state index in [2.05, 4.69) is 22.6 Å². The Hall–Kier alpha value is -9.69. The molecule has 592 valence electrons. The second-order valence-electron chi connectivity index (χ2n) is 24.7. The van der Waals surface area contributed by atoms with E-state index in [-0.39, 0.29) is 157 Å². The van der Waals surface area contributed by atoms with Gasteiger partial charge in [-0.05, 0) is 126 Å². The average Bonchev–Trinajstić information content (AvgIpc) is 1.74.